The highest BCUT2D eigenvalue weighted by Gasteiger charge is 2.44. The Balaban J connectivity index is 2.13. The van der Waals surface area contributed by atoms with Crippen LogP contribution in [0, 0.1) is 5.92 Å². The normalized spacial score (nSPS) is 23.7. The van der Waals surface area contributed by atoms with Crippen molar-refractivity contribution in [2.75, 3.05) is 7.11 Å². The summed E-state index contributed by atoms with van der Waals surface area (Å²) in [6.07, 6.45) is 0.838. The summed E-state index contributed by atoms with van der Waals surface area (Å²) in [7, 11) is 1.41. The molecule has 1 fully saturated rings. The molecule has 0 amide bonds. The van der Waals surface area contributed by atoms with Crippen molar-refractivity contribution in [1.29, 1.82) is 0 Å². The van der Waals surface area contributed by atoms with Crippen molar-refractivity contribution in [2.24, 2.45) is 5.92 Å². The summed E-state index contributed by atoms with van der Waals surface area (Å²) in [5.74, 6) is 0.0885. The number of esters is 1. The van der Waals surface area contributed by atoms with Crippen LogP contribution in [0.5, 0.6) is 0 Å². The van der Waals surface area contributed by atoms with Gasteiger partial charge in [-0.3, -0.25) is 4.79 Å². The van der Waals surface area contributed by atoms with Crippen molar-refractivity contribution in [3.05, 3.63) is 33.8 Å². The summed E-state index contributed by atoms with van der Waals surface area (Å²) >= 11 is 11.7. The van der Waals surface area contributed by atoms with Crippen LogP contribution in [0.4, 0.5) is 0 Å². The molecule has 0 unspecified atom stereocenters. The third kappa shape index (κ3) is 2.11. The van der Waals surface area contributed by atoms with Gasteiger partial charge in [-0.2, -0.15) is 0 Å². The molecule has 1 saturated carbocycles. The number of ether oxygens (including phenoxy) is 1. The van der Waals surface area contributed by atoms with Crippen LogP contribution in [0.25, 0.3) is 0 Å². The summed E-state index contributed by atoms with van der Waals surface area (Å²) in [4.78, 5) is 11.2. The molecule has 0 bridgehead atoms. The van der Waals surface area contributed by atoms with Gasteiger partial charge >= 0.3 is 5.97 Å². The van der Waals surface area contributed by atoms with Crippen LogP contribution in [0.3, 0.4) is 0 Å². The van der Waals surface area contributed by atoms with Crippen molar-refractivity contribution < 1.29 is 9.53 Å². The van der Waals surface area contributed by atoms with Gasteiger partial charge in [0.15, 0.2) is 0 Å². The lowest BCUT2D eigenvalue weighted by atomic mass is 10.1. The summed E-state index contributed by atoms with van der Waals surface area (Å²) in [5, 5.41) is 1.07. The minimum Gasteiger partial charge on any atom is -0.469 e. The van der Waals surface area contributed by atoms with Crippen LogP contribution >= 0.6 is 23.2 Å². The fourth-order valence-electron chi connectivity index (χ4n) is 1.72. The molecule has 2 atom stereocenters. The van der Waals surface area contributed by atoms with Crippen LogP contribution in [-0.4, -0.2) is 13.1 Å². The quantitative estimate of drug-likeness (QED) is 0.747. The van der Waals surface area contributed by atoms with E-state index in [1.165, 1.54) is 7.11 Å². The van der Waals surface area contributed by atoms with Crippen LogP contribution in [0.1, 0.15) is 17.9 Å². The Morgan fingerprint density at radius 2 is 2.13 bits per heavy atom. The Labute approximate surface area is 98.1 Å². The van der Waals surface area contributed by atoms with Gasteiger partial charge in [0.05, 0.1) is 23.1 Å². The Kier molecular flexibility index (Phi) is 2.89. The summed E-state index contributed by atoms with van der Waals surface area (Å²) < 4.78 is 4.68. The van der Waals surface area contributed by atoms with Crippen LogP contribution < -0.4 is 0 Å². The number of hydrogen-bond donors (Lipinski definition) is 0. The standard InChI is InChI=1S/C11H10Cl2O2/c1-15-11(14)8-5-7(8)6-2-3-9(12)10(13)4-6/h2-4,7-8H,5H2,1H3/t7-,8+/m0/s1. The van der Waals surface area contributed by atoms with Gasteiger partial charge < -0.3 is 4.74 Å². The van der Waals surface area contributed by atoms with Crippen LogP contribution in [-0.2, 0) is 9.53 Å². The molecule has 1 aliphatic rings. The minimum absolute atomic E-state index is 0.00718. The fraction of sp³-hybridized carbons (Fsp3) is 0.364. The molecular weight excluding hydrogens is 235 g/mol. The topological polar surface area (TPSA) is 26.3 Å². The number of carbonyl (C=O) groups is 1. The number of halogens is 2. The van der Waals surface area contributed by atoms with E-state index in [2.05, 4.69) is 4.74 Å². The highest BCUT2D eigenvalue weighted by molar-refractivity contribution is 6.42. The van der Waals surface area contributed by atoms with Crippen molar-refractivity contribution in [2.45, 2.75) is 12.3 Å². The van der Waals surface area contributed by atoms with Crippen molar-refractivity contribution in [3.63, 3.8) is 0 Å². The maximum atomic E-state index is 11.2. The van der Waals surface area contributed by atoms with Crippen LogP contribution in [0.2, 0.25) is 10.0 Å². The Bertz CT molecular complexity index is 404. The van der Waals surface area contributed by atoms with Gasteiger partial charge in [-0.15, -0.1) is 0 Å². The molecule has 0 spiro atoms. The number of rotatable bonds is 2. The third-order valence-corrected chi connectivity index (χ3v) is 3.41. The van der Waals surface area contributed by atoms with Gasteiger partial charge in [0.1, 0.15) is 0 Å². The number of methoxy groups -OCH3 is 1. The van der Waals surface area contributed by atoms with Crippen molar-refractivity contribution >= 4 is 29.2 Å². The monoisotopic (exact) mass is 244 g/mol. The molecule has 4 heteroatoms. The lowest BCUT2D eigenvalue weighted by Crippen LogP contribution is -2.03. The Morgan fingerprint density at radius 1 is 1.40 bits per heavy atom. The second kappa shape index (κ2) is 4.03. The van der Waals surface area contributed by atoms with E-state index in [9.17, 15) is 4.79 Å². The highest BCUT2D eigenvalue weighted by Crippen LogP contribution is 2.48. The molecule has 1 aromatic rings. The summed E-state index contributed by atoms with van der Waals surface area (Å²) in [6.45, 7) is 0. The first-order valence-electron chi connectivity index (χ1n) is 4.66. The first-order valence-corrected chi connectivity index (χ1v) is 5.42. The molecule has 0 aliphatic heterocycles. The van der Waals surface area contributed by atoms with E-state index in [0.29, 0.717) is 10.0 Å². The van der Waals surface area contributed by atoms with E-state index in [4.69, 9.17) is 23.2 Å². The molecule has 2 nitrogen and oxygen atoms in total. The first kappa shape index (κ1) is 10.8. The zero-order chi connectivity index (χ0) is 11.0. The van der Waals surface area contributed by atoms with Gasteiger partial charge in [0, 0.05) is 0 Å². The van der Waals surface area contributed by atoms with Crippen molar-refractivity contribution in [3.8, 4) is 0 Å². The van der Waals surface area contributed by atoms with E-state index in [1.54, 1.807) is 6.07 Å². The van der Waals surface area contributed by atoms with Gasteiger partial charge in [0.2, 0.25) is 0 Å². The second-order valence-corrected chi connectivity index (χ2v) is 4.46. The maximum Gasteiger partial charge on any atom is 0.309 e. The van der Waals surface area contributed by atoms with Gasteiger partial charge in [0.25, 0.3) is 0 Å². The zero-order valence-corrected chi connectivity index (χ0v) is 9.68. The maximum absolute atomic E-state index is 11.2. The molecule has 0 N–H and O–H groups in total. The van der Waals surface area contributed by atoms with E-state index in [1.807, 2.05) is 12.1 Å². The predicted molar refractivity (Wildman–Crippen MR) is 59.3 cm³/mol. The van der Waals surface area contributed by atoms with Gasteiger partial charge in [-0.1, -0.05) is 29.3 Å². The fourth-order valence-corrected chi connectivity index (χ4v) is 2.02. The molecule has 1 aromatic carbocycles. The molecule has 80 valence electrons. The minimum atomic E-state index is -0.147. The SMILES string of the molecule is COC(=O)[C@@H]1C[C@H]1c1ccc(Cl)c(Cl)c1. The second-order valence-electron chi connectivity index (χ2n) is 3.65. The average Bonchev–Trinajstić information content (AvgIpc) is 3.01. The third-order valence-electron chi connectivity index (χ3n) is 2.67. The molecular formula is C11H10Cl2O2. The molecule has 15 heavy (non-hydrogen) atoms. The van der Waals surface area contributed by atoms with Crippen molar-refractivity contribution in [1.82, 2.24) is 0 Å². The van der Waals surface area contributed by atoms with Gasteiger partial charge in [-0.05, 0) is 30.0 Å². The van der Waals surface area contributed by atoms with E-state index < -0.39 is 0 Å². The Morgan fingerprint density at radius 3 is 2.73 bits per heavy atom. The molecule has 1 aliphatic carbocycles. The highest BCUT2D eigenvalue weighted by atomic mass is 35.5. The largest absolute Gasteiger partial charge is 0.469 e. The Hall–Kier alpha value is -0.730. The van der Waals surface area contributed by atoms with E-state index in [0.717, 1.165) is 12.0 Å². The molecule has 0 radical (unpaired) electrons. The summed E-state index contributed by atoms with van der Waals surface area (Å²) in [6, 6.07) is 5.48. The molecule has 0 heterocycles. The van der Waals surface area contributed by atoms with Crippen LogP contribution in [0.15, 0.2) is 18.2 Å². The molecule has 0 saturated heterocycles. The van der Waals surface area contributed by atoms with E-state index >= 15 is 0 Å². The lowest BCUT2D eigenvalue weighted by molar-refractivity contribution is -0.142. The smallest absolute Gasteiger partial charge is 0.309 e. The lowest BCUT2D eigenvalue weighted by Gasteiger charge is -2.01. The first-order chi connectivity index (χ1) is 7.13. The predicted octanol–water partition coefficient (Wildman–Crippen LogP) is 3.27. The number of benzene rings is 1. The molecule has 0 aromatic heterocycles. The summed E-state index contributed by atoms with van der Waals surface area (Å²) in [5.41, 5.74) is 1.06. The number of hydrogen-bond acceptors (Lipinski definition) is 2. The zero-order valence-electron chi connectivity index (χ0n) is 8.17. The number of carbonyl (C=O) groups excluding carboxylic acids is 1. The average molecular weight is 245 g/mol. The van der Waals surface area contributed by atoms with E-state index in [-0.39, 0.29) is 17.8 Å². The molecule has 2 rings (SSSR count). The van der Waals surface area contributed by atoms with Gasteiger partial charge in [-0.25, -0.2) is 0 Å².